The van der Waals surface area contributed by atoms with Gasteiger partial charge in [0.15, 0.2) is 0 Å². The molecule has 0 aromatic carbocycles. The minimum Gasteiger partial charge on any atom is -0.356 e. The zero-order valence-electron chi connectivity index (χ0n) is 12.0. The smallest absolute Gasteiger partial charge is 0.224 e. The van der Waals surface area contributed by atoms with Crippen molar-refractivity contribution in [3.63, 3.8) is 0 Å². The molecule has 0 rings (SSSR count). The van der Waals surface area contributed by atoms with Gasteiger partial charge in [-0.15, -0.1) is 0 Å². The largest absolute Gasteiger partial charge is 0.356 e. The summed E-state index contributed by atoms with van der Waals surface area (Å²) >= 11 is 0. The van der Waals surface area contributed by atoms with Crippen LogP contribution >= 0.6 is 0 Å². The minimum atomic E-state index is 0.0540. The zero-order valence-corrected chi connectivity index (χ0v) is 12.0. The lowest BCUT2D eigenvalue weighted by atomic mass is 10.1. The Labute approximate surface area is 106 Å². The number of amides is 1. The van der Waals surface area contributed by atoms with Crippen LogP contribution in [0.4, 0.5) is 0 Å². The van der Waals surface area contributed by atoms with Gasteiger partial charge in [0.25, 0.3) is 0 Å². The molecule has 0 fully saturated rings. The van der Waals surface area contributed by atoms with Gasteiger partial charge in [-0.25, -0.2) is 0 Å². The summed E-state index contributed by atoms with van der Waals surface area (Å²) < 4.78 is 0. The molecule has 0 spiro atoms. The summed E-state index contributed by atoms with van der Waals surface area (Å²) in [6.07, 6.45) is 2.18. The third-order valence-corrected chi connectivity index (χ3v) is 3.08. The first-order valence-corrected chi connectivity index (χ1v) is 6.61. The quantitative estimate of drug-likeness (QED) is 0.596. The summed E-state index contributed by atoms with van der Waals surface area (Å²) in [6, 6.07) is 0.597. The van der Waals surface area contributed by atoms with Gasteiger partial charge >= 0.3 is 0 Å². The lowest BCUT2D eigenvalue weighted by Gasteiger charge is -2.20. The Morgan fingerprint density at radius 2 is 1.88 bits per heavy atom. The van der Waals surface area contributed by atoms with Crippen molar-refractivity contribution in [2.24, 2.45) is 5.92 Å². The minimum absolute atomic E-state index is 0.0540. The number of nitrogens with zero attached hydrogens (tertiary/aromatic N) is 1. The molecule has 0 aromatic heterocycles. The van der Waals surface area contributed by atoms with E-state index >= 15 is 0 Å². The van der Waals surface area contributed by atoms with E-state index in [1.807, 2.05) is 14.0 Å². The van der Waals surface area contributed by atoms with E-state index in [1.54, 1.807) is 0 Å². The Hall–Kier alpha value is -0.610. The van der Waals surface area contributed by atoms with Gasteiger partial charge in [0.1, 0.15) is 0 Å². The maximum atomic E-state index is 11.6. The molecule has 0 radical (unpaired) electrons. The van der Waals surface area contributed by atoms with Crippen molar-refractivity contribution >= 4 is 5.91 Å². The van der Waals surface area contributed by atoms with Crippen LogP contribution in [-0.2, 0) is 4.79 Å². The fourth-order valence-electron chi connectivity index (χ4n) is 1.53. The predicted molar refractivity (Wildman–Crippen MR) is 73.1 cm³/mol. The molecule has 1 atom stereocenters. The number of carbonyl (C=O) groups is 1. The van der Waals surface area contributed by atoms with Crippen LogP contribution in [0, 0.1) is 5.92 Å². The Morgan fingerprint density at radius 3 is 2.41 bits per heavy atom. The van der Waals surface area contributed by atoms with E-state index < -0.39 is 0 Å². The van der Waals surface area contributed by atoms with Crippen molar-refractivity contribution in [3.05, 3.63) is 0 Å². The molecule has 0 bridgehead atoms. The second kappa shape index (κ2) is 9.42. The molecule has 4 nitrogen and oxygen atoms in total. The highest BCUT2D eigenvalue weighted by Gasteiger charge is 2.10. The van der Waals surface area contributed by atoms with Crippen LogP contribution in [0.3, 0.4) is 0 Å². The van der Waals surface area contributed by atoms with Crippen molar-refractivity contribution in [3.8, 4) is 0 Å². The fourth-order valence-corrected chi connectivity index (χ4v) is 1.53. The van der Waals surface area contributed by atoms with E-state index in [4.69, 9.17) is 0 Å². The van der Waals surface area contributed by atoms with Crippen molar-refractivity contribution in [2.45, 2.75) is 39.7 Å². The Bertz CT molecular complexity index is 207. The maximum Gasteiger partial charge on any atom is 0.224 e. The van der Waals surface area contributed by atoms with Gasteiger partial charge in [-0.05, 0) is 47.3 Å². The SMILES string of the molecule is CNCC(C)C(=O)NCCCCN(C)C(C)C. The molecule has 17 heavy (non-hydrogen) atoms. The second-order valence-corrected chi connectivity index (χ2v) is 5.03. The summed E-state index contributed by atoms with van der Waals surface area (Å²) in [5.41, 5.74) is 0. The molecule has 0 aromatic rings. The normalized spacial score (nSPS) is 13.1. The van der Waals surface area contributed by atoms with Crippen LogP contribution in [0.1, 0.15) is 33.6 Å². The average Bonchev–Trinajstić information content (AvgIpc) is 2.28. The molecule has 4 heteroatoms. The molecule has 2 N–H and O–H groups in total. The highest BCUT2D eigenvalue weighted by atomic mass is 16.1. The lowest BCUT2D eigenvalue weighted by Crippen LogP contribution is -2.35. The van der Waals surface area contributed by atoms with Crippen LogP contribution in [0.5, 0.6) is 0 Å². The fraction of sp³-hybridized carbons (Fsp3) is 0.923. The van der Waals surface area contributed by atoms with Crippen LogP contribution in [0.25, 0.3) is 0 Å². The van der Waals surface area contributed by atoms with E-state index in [9.17, 15) is 4.79 Å². The van der Waals surface area contributed by atoms with E-state index in [0.717, 1.165) is 32.5 Å². The van der Waals surface area contributed by atoms with E-state index in [1.165, 1.54) is 0 Å². The number of carbonyl (C=O) groups excluding carboxylic acids is 1. The first-order chi connectivity index (χ1) is 7.99. The first-order valence-electron chi connectivity index (χ1n) is 6.61. The van der Waals surface area contributed by atoms with Crippen LogP contribution in [-0.4, -0.2) is 50.6 Å². The Balaban J connectivity index is 3.48. The third-order valence-electron chi connectivity index (χ3n) is 3.08. The molecule has 0 heterocycles. The zero-order chi connectivity index (χ0) is 13.3. The van der Waals surface area contributed by atoms with E-state index in [2.05, 4.69) is 36.4 Å². The second-order valence-electron chi connectivity index (χ2n) is 5.03. The molecule has 1 amide bonds. The van der Waals surface area contributed by atoms with Crippen molar-refractivity contribution in [1.29, 1.82) is 0 Å². The van der Waals surface area contributed by atoms with Gasteiger partial charge in [0.05, 0.1) is 0 Å². The predicted octanol–water partition coefficient (Wildman–Crippen LogP) is 1.08. The molecule has 0 aliphatic carbocycles. The summed E-state index contributed by atoms with van der Waals surface area (Å²) in [6.45, 7) is 8.96. The number of nitrogens with one attached hydrogen (secondary N) is 2. The van der Waals surface area contributed by atoms with Crippen LogP contribution < -0.4 is 10.6 Å². The standard InChI is InChI=1S/C13H29N3O/c1-11(2)16(5)9-7-6-8-15-13(17)12(3)10-14-4/h11-12,14H,6-10H2,1-5H3,(H,15,17). The highest BCUT2D eigenvalue weighted by Crippen LogP contribution is 1.98. The monoisotopic (exact) mass is 243 g/mol. The molecular weight excluding hydrogens is 214 g/mol. The van der Waals surface area contributed by atoms with Gasteiger partial charge in [-0.1, -0.05) is 6.92 Å². The van der Waals surface area contributed by atoms with Gasteiger partial charge in [-0.2, -0.15) is 0 Å². The number of hydrogen-bond acceptors (Lipinski definition) is 3. The molecule has 0 aliphatic rings. The van der Waals surface area contributed by atoms with Gasteiger partial charge in [0.2, 0.25) is 5.91 Å². The number of rotatable bonds is 9. The molecule has 0 saturated carbocycles. The lowest BCUT2D eigenvalue weighted by molar-refractivity contribution is -0.124. The molecule has 1 unspecified atom stereocenters. The highest BCUT2D eigenvalue weighted by molar-refractivity contribution is 5.78. The molecule has 102 valence electrons. The molecular formula is C13H29N3O. The summed E-state index contributed by atoms with van der Waals surface area (Å²) in [7, 11) is 4.00. The summed E-state index contributed by atoms with van der Waals surface area (Å²) in [5, 5.41) is 5.98. The van der Waals surface area contributed by atoms with Crippen molar-refractivity contribution in [2.75, 3.05) is 33.7 Å². The van der Waals surface area contributed by atoms with E-state index in [-0.39, 0.29) is 11.8 Å². The van der Waals surface area contributed by atoms with Gasteiger partial charge < -0.3 is 15.5 Å². The Morgan fingerprint density at radius 1 is 1.24 bits per heavy atom. The topological polar surface area (TPSA) is 44.4 Å². The molecule has 0 aliphatic heterocycles. The number of unbranched alkanes of at least 4 members (excludes halogenated alkanes) is 1. The average molecular weight is 243 g/mol. The maximum absolute atomic E-state index is 11.6. The van der Waals surface area contributed by atoms with Crippen LogP contribution in [0.2, 0.25) is 0 Å². The van der Waals surface area contributed by atoms with E-state index in [0.29, 0.717) is 6.04 Å². The van der Waals surface area contributed by atoms with Crippen LogP contribution in [0.15, 0.2) is 0 Å². The Kier molecular flexibility index (Phi) is 9.09. The number of hydrogen-bond donors (Lipinski definition) is 2. The first kappa shape index (κ1) is 16.4. The van der Waals surface area contributed by atoms with Crippen molar-refractivity contribution in [1.82, 2.24) is 15.5 Å². The van der Waals surface area contributed by atoms with Crippen molar-refractivity contribution < 1.29 is 4.79 Å². The van der Waals surface area contributed by atoms with Gasteiger partial charge in [0, 0.05) is 25.0 Å². The third kappa shape index (κ3) is 8.16. The summed E-state index contributed by atoms with van der Waals surface area (Å²) in [5.74, 6) is 0.204. The molecule has 0 saturated heterocycles. The summed E-state index contributed by atoms with van der Waals surface area (Å²) in [4.78, 5) is 13.9. The van der Waals surface area contributed by atoms with Gasteiger partial charge in [-0.3, -0.25) is 4.79 Å².